The molecule has 0 spiro atoms. The first-order valence-electron chi connectivity index (χ1n) is 3.33. The fourth-order valence-corrected chi connectivity index (χ4v) is 0.859. The number of anilines is 1. The van der Waals surface area contributed by atoms with E-state index in [9.17, 15) is 4.79 Å². The third kappa shape index (κ3) is 1.54. The smallest absolute Gasteiger partial charge is 0.356 e. The Morgan fingerprint density at radius 3 is 2.69 bits per heavy atom. The van der Waals surface area contributed by atoms with Crippen molar-refractivity contribution in [2.75, 3.05) is 5.73 Å². The van der Waals surface area contributed by atoms with Crippen LogP contribution in [-0.2, 0) is 0 Å². The van der Waals surface area contributed by atoms with Gasteiger partial charge in [0.15, 0.2) is 5.69 Å². The molecule has 1 rings (SSSR count). The summed E-state index contributed by atoms with van der Waals surface area (Å²) in [5.74, 6) is -1.16. The van der Waals surface area contributed by atoms with Crippen LogP contribution in [0, 0.1) is 18.3 Å². The highest BCUT2D eigenvalue weighted by Crippen LogP contribution is 2.11. The first-order chi connectivity index (χ1) is 6.06. The lowest BCUT2D eigenvalue weighted by Gasteiger charge is -2.01. The first-order valence-corrected chi connectivity index (χ1v) is 3.33. The van der Waals surface area contributed by atoms with Gasteiger partial charge in [-0.3, -0.25) is 0 Å². The highest BCUT2D eigenvalue weighted by Gasteiger charge is 2.16. The number of carboxylic acids is 1. The molecule has 0 amide bonds. The summed E-state index contributed by atoms with van der Waals surface area (Å²) in [5.41, 5.74) is 4.78. The normalized spacial score (nSPS) is 9.23. The largest absolute Gasteiger partial charge is 0.476 e. The number of aryl methyl sites for hydroxylation is 1. The minimum atomic E-state index is -1.28. The maximum absolute atomic E-state index is 10.6. The van der Waals surface area contributed by atoms with E-state index >= 15 is 0 Å². The van der Waals surface area contributed by atoms with E-state index in [1.807, 2.05) is 0 Å². The Labute approximate surface area is 73.7 Å². The van der Waals surface area contributed by atoms with Crippen molar-refractivity contribution < 1.29 is 9.90 Å². The molecule has 0 bridgehead atoms. The minimum Gasteiger partial charge on any atom is -0.476 e. The van der Waals surface area contributed by atoms with Gasteiger partial charge in [-0.15, -0.1) is 0 Å². The third-order valence-corrected chi connectivity index (χ3v) is 1.36. The predicted octanol–water partition coefficient (Wildman–Crippen LogP) is -0.0629. The molecule has 0 radical (unpaired) electrons. The molecule has 6 nitrogen and oxygen atoms in total. The number of nitrogens with two attached hydrogens (primary N) is 1. The second-order valence-corrected chi connectivity index (χ2v) is 2.30. The fraction of sp³-hybridized carbons (Fsp3) is 0.143. The number of hydrogen-bond acceptors (Lipinski definition) is 5. The van der Waals surface area contributed by atoms with Gasteiger partial charge in [-0.25, -0.2) is 14.8 Å². The molecule has 1 aromatic heterocycles. The van der Waals surface area contributed by atoms with Crippen molar-refractivity contribution >= 4 is 11.8 Å². The molecule has 0 aliphatic rings. The highest BCUT2D eigenvalue weighted by molar-refractivity contribution is 5.89. The number of aromatic nitrogens is 2. The Morgan fingerprint density at radius 2 is 2.23 bits per heavy atom. The van der Waals surface area contributed by atoms with Gasteiger partial charge in [-0.2, -0.15) is 5.26 Å². The van der Waals surface area contributed by atoms with Crippen LogP contribution in [-0.4, -0.2) is 21.0 Å². The number of carboxylic acid groups (broad SMARTS) is 1. The summed E-state index contributed by atoms with van der Waals surface area (Å²) >= 11 is 0. The van der Waals surface area contributed by atoms with Gasteiger partial charge in [0.1, 0.15) is 23.3 Å². The molecule has 0 unspecified atom stereocenters. The lowest BCUT2D eigenvalue weighted by Crippen LogP contribution is -2.10. The van der Waals surface area contributed by atoms with E-state index in [1.54, 1.807) is 6.07 Å². The molecule has 0 saturated heterocycles. The molecule has 0 atom stereocenters. The summed E-state index contributed by atoms with van der Waals surface area (Å²) in [6.45, 7) is 1.50. The molecule has 1 aromatic rings. The molecule has 0 aliphatic carbocycles. The first kappa shape index (κ1) is 8.93. The Morgan fingerprint density at radius 1 is 1.62 bits per heavy atom. The van der Waals surface area contributed by atoms with E-state index in [4.69, 9.17) is 16.1 Å². The van der Waals surface area contributed by atoms with Crippen LogP contribution in [0.4, 0.5) is 5.82 Å². The number of nitriles is 1. The summed E-state index contributed by atoms with van der Waals surface area (Å²) in [6.07, 6.45) is 0. The quantitative estimate of drug-likeness (QED) is 0.622. The number of carbonyl (C=O) groups is 1. The summed E-state index contributed by atoms with van der Waals surface area (Å²) in [6, 6.07) is 1.64. The molecule has 1 heterocycles. The lowest BCUT2D eigenvalue weighted by molar-refractivity contribution is 0.0689. The molecular weight excluding hydrogens is 172 g/mol. The van der Waals surface area contributed by atoms with Crippen LogP contribution in [0.15, 0.2) is 0 Å². The van der Waals surface area contributed by atoms with E-state index in [-0.39, 0.29) is 22.9 Å². The Bertz CT molecular complexity index is 408. The zero-order chi connectivity index (χ0) is 10.0. The molecule has 3 N–H and O–H groups in total. The average molecular weight is 178 g/mol. The fourth-order valence-electron chi connectivity index (χ4n) is 0.859. The van der Waals surface area contributed by atoms with Crippen molar-refractivity contribution in [3.63, 3.8) is 0 Å². The van der Waals surface area contributed by atoms with Gasteiger partial charge in [-0.1, -0.05) is 0 Å². The van der Waals surface area contributed by atoms with Gasteiger partial charge >= 0.3 is 5.97 Å². The molecule has 0 fully saturated rings. The molecule has 0 aliphatic heterocycles. The molecule has 6 heteroatoms. The zero-order valence-corrected chi connectivity index (χ0v) is 6.77. The van der Waals surface area contributed by atoms with Crippen molar-refractivity contribution in [3.8, 4) is 6.07 Å². The van der Waals surface area contributed by atoms with Gasteiger partial charge in [-0.05, 0) is 6.92 Å². The van der Waals surface area contributed by atoms with Gasteiger partial charge < -0.3 is 10.8 Å². The number of nitrogens with zero attached hydrogens (tertiary/aromatic N) is 3. The molecule has 66 valence electrons. The monoisotopic (exact) mass is 178 g/mol. The molecule has 0 aromatic carbocycles. The van der Waals surface area contributed by atoms with Crippen LogP contribution >= 0.6 is 0 Å². The van der Waals surface area contributed by atoms with Crippen molar-refractivity contribution in [2.24, 2.45) is 0 Å². The topological polar surface area (TPSA) is 113 Å². The van der Waals surface area contributed by atoms with E-state index in [0.717, 1.165) is 0 Å². The Kier molecular flexibility index (Phi) is 2.11. The molecule has 13 heavy (non-hydrogen) atoms. The number of aromatic carboxylic acids is 1. The van der Waals surface area contributed by atoms with Crippen LogP contribution in [0.25, 0.3) is 0 Å². The second-order valence-electron chi connectivity index (χ2n) is 2.30. The molecular formula is C7H6N4O2. The van der Waals surface area contributed by atoms with Crippen LogP contribution in [0.5, 0.6) is 0 Å². The van der Waals surface area contributed by atoms with E-state index in [1.165, 1.54) is 6.92 Å². The van der Waals surface area contributed by atoms with Crippen molar-refractivity contribution in [2.45, 2.75) is 6.92 Å². The van der Waals surface area contributed by atoms with Gasteiger partial charge in [0, 0.05) is 0 Å². The SMILES string of the molecule is Cc1nc(N)c(C#N)c(C(=O)O)n1. The standard InChI is InChI=1S/C7H6N4O2/c1-3-10-5(7(12)13)4(2-8)6(9)11-3/h1H3,(H,12,13)(H2,9,10,11). The Balaban J connectivity index is 3.50. The van der Waals surface area contributed by atoms with E-state index in [2.05, 4.69) is 9.97 Å². The summed E-state index contributed by atoms with van der Waals surface area (Å²) in [4.78, 5) is 17.8. The van der Waals surface area contributed by atoms with Crippen molar-refractivity contribution in [1.82, 2.24) is 9.97 Å². The zero-order valence-electron chi connectivity index (χ0n) is 6.77. The third-order valence-electron chi connectivity index (χ3n) is 1.36. The minimum absolute atomic E-state index is 0.104. The van der Waals surface area contributed by atoms with Gasteiger partial charge in [0.05, 0.1) is 0 Å². The highest BCUT2D eigenvalue weighted by atomic mass is 16.4. The van der Waals surface area contributed by atoms with Gasteiger partial charge in [0.25, 0.3) is 0 Å². The summed E-state index contributed by atoms with van der Waals surface area (Å²) in [7, 11) is 0. The van der Waals surface area contributed by atoms with Gasteiger partial charge in [0.2, 0.25) is 0 Å². The van der Waals surface area contributed by atoms with Crippen molar-refractivity contribution in [3.05, 3.63) is 17.1 Å². The van der Waals surface area contributed by atoms with Crippen LogP contribution in [0.2, 0.25) is 0 Å². The predicted molar refractivity (Wildman–Crippen MR) is 42.9 cm³/mol. The Hall–Kier alpha value is -2.16. The number of hydrogen-bond donors (Lipinski definition) is 2. The average Bonchev–Trinajstić information content (AvgIpc) is 2.02. The number of rotatable bonds is 1. The van der Waals surface area contributed by atoms with E-state index < -0.39 is 5.97 Å². The second kappa shape index (κ2) is 3.06. The summed E-state index contributed by atoms with van der Waals surface area (Å²) < 4.78 is 0. The maximum Gasteiger partial charge on any atom is 0.356 e. The number of nitrogen functional groups attached to an aromatic ring is 1. The maximum atomic E-state index is 10.6. The van der Waals surface area contributed by atoms with Crippen LogP contribution in [0.1, 0.15) is 21.9 Å². The van der Waals surface area contributed by atoms with E-state index in [0.29, 0.717) is 0 Å². The summed E-state index contributed by atoms with van der Waals surface area (Å²) in [5, 5.41) is 17.2. The van der Waals surface area contributed by atoms with Crippen molar-refractivity contribution in [1.29, 1.82) is 5.26 Å². The molecule has 0 saturated carbocycles. The van der Waals surface area contributed by atoms with Crippen LogP contribution in [0.3, 0.4) is 0 Å². The van der Waals surface area contributed by atoms with Crippen LogP contribution < -0.4 is 5.73 Å². The lowest BCUT2D eigenvalue weighted by atomic mass is 10.2.